The van der Waals surface area contributed by atoms with Crippen LogP contribution in [0.4, 0.5) is 0 Å². The molecule has 0 aliphatic heterocycles. The summed E-state index contributed by atoms with van der Waals surface area (Å²) in [5, 5.41) is 0. The van der Waals surface area contributed by atoms with Crippen LogP contribution in [-0.4, -0.2) is 39.0 Å². The van der Waals surface area contributed by atoms with Gasteiger partial charge in [-0.2, -0.15) is 0 Å². The number of hydrogen-bond donors (Lipinski definition) is 1. The minimum Gasteiger partial charge on any atom is -0.495 e. The second-order valence-corrected chi connectivity index (χ2v) is 2.97. The molecule has 96 valence electrons. The van der Waals surface area contributed by atoms with Crippen LogP contribution < -0.4 is 10.5 Å². The third kappa shape index (κ3) is 6.49. The SMILES string of the molecule is COc1cncc(CC(OC)OC)c1.NC=O. The quantitative estimate of drug-likeness (QED) is 0.595. The highest BCUT2D eigenvalue weighted by Crippen LogP contribution is 2.12. The molecule has 0 atom stereocenters. The number of primary amides is 1. The van der Waals surface area contributed by atoms with E-state index in [1.165, 1.54) is 0 Å². The molecule has 0 unspecified atom stereocenters. The Morgan fingerprint density at radius 3 is 2.41 bits per heavy atom. The van der Waals surface area contributed by atoms with Crippen molar-refractivity contribution in [1.82, 2.24) is 4.98 Å². The molecule has 1 rings (SSSR count). The third-order valence-electron chi connectivity index (χ3n) is 1.93. The van der Waals surface area contributed by atoms with Crippen LogP contribution in [-0.2, 0) is 20.7 Å². The molecule has 0 bridgehead atoms. The topological polar surface area (TPSA) is 83.7 Å². The van der Waals surface area contributed by atoms with Crippen LogP contribution in [0.15, 0.2) is 18.5 Å². The van der Waals surface area contributed by atoms with Crippen molar-refractivity contribution in [3.63, 3.8) is 0 Å². The second-order valence-electron chi connectivity index (χ2n) is 2.97. The summed E-state index contributed by atoms with van der Waals surface area (Å²) in [5.41, 5.74) is 5.19. The van der Waals surface area contributed by atoms with E-state index in [1.54, 1.807) is 33.7 Å². The number of nitrogens with two attached hydrogens (primary N) is 1. The van der Waals surface area contributed by atoms with Crippen LogP contribution in [0, 0.1) is 0 Å². The molecule has 1 amide bonds. The molecule has 1 aromatic rings. The van der Waals surface area contributed by atoms with E-state index in [4.69, 9.17) is 19.0 Å². The molecule has 0 saturated heterocycles. The van der Waals surface area contributed by atoms with Crippen molar-refractivity contribution in [2.75, 3.05) is 21.3 Å². The van der Waals surface area contributed by atoms with Gasteiger partial charge in [-0.1, -0.05) is 0 Å². The summed E-state index contributed by atoms with van der Waals surface area (Å²) >= 11 is 0. The van der Waals surface area contributed by atoms with E-state index >= 15 is 0 Å². The van der Waals surface area contributed by atoms with Gasteiger partial charge >= 0.3 is 0 Å². The molecule has 6 nitrogen and oxygen atoms in total. The van der Waals surface area contributed by atoms with E-state index in [2.05, 4.69) is 10.7 Å². The van der Waals surface area contributed by atoms with Gasteiger partial charge in [0.15, 0.2) is 6.29 Å². The number of methoxy groups -OCH3 is 3. The Labute approximate surface area is 101 Å². The molecule has 0 saturated carbocycles. The first-order valence-corrected chi connectivity index (χ1v) is 4.90. The van der Waals surface area contributed by atoms with Gasteiger partial charge in [0.05, 0.1) is 13.3 Å². The summed E-state index contributed by atoms with van der Waals surface area (Å²) in [4.78, 5) is 12.6. The Bertz CT molecular complexity index is 316. The lowest BCUT2D eigenvalue weighted by Gasteiger charge is -2.13. The van der Waals surface area contributed by atoms with Crippen LogP contribution >= 0.6 is 0 Å². The Hall–Kier alpha value is -1.66. The number of rotatable bonds is 5. The highest BCUT2D eigenvalue weighted by molar-refractivity contribution is 5.42. The Morgan fingerprint density at radius 2 is 1.94 bits per heavy atom. The van der Waals surface area contributed by atoms with Crippen LogP contribution in [0.5, 0.6) is 5.75 Å². The highest BCUT2D eigenvalue weighted by Gasteiger charge is 2.07. The molecule has 1 aromatic heterocycles. The average molecular weight is 242 g/mol. The van der Waals surface area contributed by atoms with Crippen molar-refractivity contribution in [1.29, 1.82) is 0 Å². The fraction of sp³-hybridized carbons (Fsp3) is 0.455. The number of nitrogens with zero attached hydrogens (tertiary/aromatic N) is 1. The van der Waals surface area contributed by atoms with E-state index in [9.17, 15) is 0 Å². The lowest BCUT2D eigenvalue weighted by Crippen LogP contribution is -2.16. The zero-order chi connectivity index (χ0) is 13.1. The molecule has 0 fully saturated rings. The van der Waals surface area contributed by atoms with Gasteiger partial charge in [-0.15, -0.1) is 0 Å². The summed E-state index contributed by atoms with van der Waals surface area (Å²) < 4.78 is 15.2. The van der Waals surface area contributed by atoms with E-state index in [1.807, 2.05) is 6.07 Å². The summed E-state index contributed by atoms with van der Waals surface area (Å²) in [6.07, 6.45) is 4.12. The van der Waals surface area contributed by atoms with Gasteiger partial charge < -0.3 is 19.9 Å². The molecule has 0 aliphatic rings. The molecule has 0 spiro atoms. The molecule has 6 heteroatoms. The summed E-state index contributed by atoms with van der Waals surface area (Å²) in [6, 6.07) is 1.91. The van der Waals surface area contributed by atoms with Crippen LogP contribution in [0.1, 0.15) is 5.56 Å². The van der Waals surface area contributed by atoms with Crippen molar-refractivity contribution in [3.8, 4) is 5.75 Å². The number of pyridine rings is 1. The fourth-order valence-corrected chi connectivity index (χ4v) is 1.14. The smallest absolute Gasteiger partial charge is 0.204 e. The molecule has 1 heterocycles. The van der Waals surface area contributed by atoms with Gasteiger partial charge in [-0.3, -0.25) is 9.78 Å². The first kappa shape index (κ1) is 15.3. The summed E-state index contributed by atoms with van der Waals surface area (Å²) in [5.74, 6) is 0.744. The number of amides is 1. The molecule has 17 heavy (non-hydrogen) atoms. The van der Waals surface area contributed by atoms with Crippen LogP contribution in [0.25, 0.3) is 0 Å². The molecule has 0 aliphatic carbocycles. The van der Waals surface area contributed by atoms with Gasteiger partial charge in [0.2, 0.25) is 6.41 Å². The zero-order valence-corrected chi connectivity index (χ0v) is 10.3. The van der Waals surface area contributed by atoms with Gasteiger partial charge in [-0.25, -0.2) is 0 Å². The highest BCUT2D eigenvalue weighted by atomic mass is 16.7. The van der Waals surface area contributed by atoms with Crippen molar-refractivity contribution < 1.29 is 19.0 Å². The molecular formula is C11H18N2O4. The number of hydrogen-bond acceptors (Lipinski definition) is 5. The second kappa shape index (κ2) is 9.56. The zero-order valence-electron chi connectivity index (χ0n) is 10.3. The number of carbonyl (C=O) groups is 1. The maximum Gasteiger partial charge on any atom is 0.204 e. The summed E-state index contributed by atoms with van der Waals surface area (Å²) in [7, 11) is 4.84. The minimum atomic E-state index is -0.232. The van der Waals surface area contributed by atoms with Gasteiger partial charge in [0, 0.05) is 26.8 Å². The van der Waals surface area contributed by atoms with E-state index in [0.717, 1.165) is 11.3 Å². The van der Waals surface area contributed by atoms with Gasteiger partial charge in [-0.05, 0) is 11.6 Å². The lowest BCUT2D eigenvalue weighted by atomic mass is 10.2. The standard InChI is InChI=1S/C10H15NO3.CH3NO/c1-12-9-4-8(6-11-7-9)5-10(13-2)14-3;2-1-3/h4,6-7,10H,5H2,1-3H3;1H,(H2,2,3). The Kier molecular flexibility index (Phi) is 8.62. The number of carbonyl (C=O) groups excluding carboxylic acids is 1. The maximum absolute atomic E-state index is 8.58. The van der Waals surface area contributed by atoms with Crippen molar-refractivity contribution in [3.05, 3.63) is 24.0 Å². The van der Waals surface area contributed by atoms with Crippen molar-refractivity contribution in [2.45, 2.75) is 12.7 Å². The van der Waals surface area contributed by atoms with E-state index < -0.39 is 0 Å². The molecule has 0 aromatic carbocycles. The van der Waals surface area contributed by atoms with Gasteiger partial charge in [0.25, 0.3) is 0 Å². The van der Waals surface area contributed by atoms with Gasteiger partial charge in [0.1, 0.15) is 5.75 Å². The third-order valence-corrected chi connectivity index (χ3v) is 1.93. The van der Waals surface area contributed by atoms with Crippen LogP contribution in [0.3, 0.4) is 0 Å². The monoisotopic (exact) mass is 242 g/mol. The van der Waals surface area contributed by atoms with Crippen LogP contribution in [0.2, 0.25) is 0 Å². The predicted octanol–water partition coefficient (Wildman–Crippen LogP) is 0.353. The fourth-order valence-electron chi connectivity index (χ4n) is 1.14. The van der Waals surface area contributed by atoms with E-state index in [0.29, 0.717) is 6.42 Å². The number of ether oxygens (including phenoxy) is 3. The Balaban J connectivity index is 0.000000770. The predicted molar refractivity (Wildman–Crippen MR) is 62.6 cm³/mol. The Morgan fingerprint density at radius 1 is 1.35 bits per heavy atom. The summed E-state index contributed by atoms with van der Waals surface area (Å²) in [6.45, 7) is 0. The first-order chi connectivity index (χ1) is 8.21. The number of aromatic nitrogens is 1. The average Bonchev–Trinajstić information content (AvgIpc) is 2.37. The van der Waals surface area contributed by atoms with Crippen molar-refractivity contribution >= 4 is 6.41 Å². The van der Waals surface area contributed by atoms with Crippen molar-refractivity contribution in [2.24, 2.45) is 5.73 Å². The molecule has 2 N–H and O–H groups in total. The maximum atomic E-state index is 8.58. The largest absolute Gasteiger partial charge is 0.495 e. The molecule has 0 radical (unpaired) electrons. The normalized spacial score (nSPS) is 9.41. The van der Waals surface area contributed by atoms with E-state index in [-0.39, 0.29) is 12.7 Å². The molecular weight excluding hydrogens is 224 g/mol. The lowest BCUT2D eigenvalue weighted by molar-refractivity contribution is -0.106. The first-order valence-electron chi connectivity index (χ1n) is 4.90. The minimum absolute atomic E-state index is 0.232.